The number of nitrogens with one attached hydrogen (secondary N) is 2. The molecule has 0 aromatic carbocycles. The second kappa shape index (κ2) is 4.72. The predicted octanol–water partition coefficient (Wildman–Crippen LogP) is 1.40. The number of nitriles is 1. The Bertz CT molecular complexity index is 472. The van der Waals surface area contributed by atoms with Crippen LogP contribution in [-0.4, -0.2) is 22.4 Å². The van der Waals surface area contributed by atoms with Crippen molar-refractivity contribution in [2.75, 3.05) is 5.32 Å². The molecule has 1 aromatic heterocycles. The smallest absolute Gasteiger partial charge is 0.242 e. The number of anilines is 1. The Labute approximate surface area is 104 Å². The van der Waals surface area contributed by atoms with E-state index in [0.29, 0.717) is 22.3 Å². The Kier molecular flexibility index (Phi) is 3.29. The molecule has 0 aliphatic heterocycles. The van der Waals surface area contributed by atoms with Crippen LogP contribution >= 0.6 is 11.5 Å². The highest BCUT2D eigenvalue weighted by molar-refractivity contribution is 7.10. The Morgan fingerprint density at radius 3 is 2.94 bits per heavy atom. The van der Waals surface area contributed by atoms with Gasteiger partial charge in [0.15, 0.2) is 0 Å². The van der Waals surface area contributed by atoms with E-state index in [2.05, 4.69) is 21.1 Å². The lowest BCUT2D eigenvalue weighted by Crippen LogP contribution is -2.38. The van der Waals surface area contributed by atoms with Gasteiger partial charge in [0, 0.05) is 6.04 Å². The molecule has 6 heteroatoms. The highest BCUT2D eigenvalue weighted by Crippen LogP contribution is 2.24. The molecule has 1 amide bonds. The van der Waals surface area contributed by atoms with Gasteiger partial charge in [-0.25, -0.2) is 0 Å². The maximum atomic E-state index is 11.7. The quantitative estimate of drug-likeness (QED) is 0.846. The number of amides is 1. The Morgan fingerprint density at radius 2 is 2.35 bits per heavy atom. The number of carbonyl (C=O) groups is 1. The van der Waals surface area contributed by atoms with Crippen LogP contribution in [-0.2, 0) is 4.79 Å². The molecule has 0 radical (unpaired) electrons. The molecule has 1 fully saturated rings. The molecule has 2 rings (SSSR count). The van der Waals surface area contributed by atoms with Crippen LogP contribution in [0.3, 0.4) is 0 Å². The van der Waals surface area contributed by atoms with Crippen molar-refractivity contribution in [3.05, 3.63) is 11.3 Å². The molecule has 90 valence electrons. The van der Waals surface area contributed by atoms with E-state index in [1.807, 2.05) is 0 Å². The van der Waals surface area contributed by atoms with Gasteiger partial charge in [-0.15, -0.1) is 0 Å². The first-order valence-electron chi connectivity index (χ1n) is 5.55. The van der Waals surface area contributed by atoms with E-state index < -0.39 is 0 Å². The molecule has 17 heavy (non-hydrogen) atoms. The first-order valence-corrected chi connectivity index (χ1v) is 6.32. The van der Waals surface area contributed by atoms with Crippen LogP contribution < -0.4 is 10.6 Å². The van der Waals surface area contributed by atoms with E-state index in [0.717, 1.165) is 12.8 Å². The van der Waals surface area contributed by atoms with E-state index in [1.54, 1.807) is 13.8 Å². The van der Waals surface area contributed by atoms with Crippen molar-refractivity contribution in [2.45, 2.75) is 38.8 Å². The standard InChI is InChI=1S/C11H14N4OS/c1-6-9(5-12)11(17-15-6)13-7(2)10(16)14-8-3-4-8/h7-8,13H,3-4H2,1-2H3,(H,14,16). The number of carbonyl (C=O) groups excluding carboxylic acids is 1. The minimum Gasteiger partial charge on any atom is -0.363 e. The fraction of sp³-hybridized carbons (Fsp3) is 0.545. The summed E-state index contributed by atoms with van der Waals surface area (Å²) in [6, 6.07) is 2.10. The minimum absolute atomic E-state index is 0.0255. The summed E-state index contributed by atoms with van der Waals surface area (Å²) in [6.45, 7) is 3.57. The zero-order valence-corrected chi connectivity index (χ0v) is 10.6. The molecule has 0 saturated heterocycles. The zero-order chi connectivity index (χ0) is 12.4. The molecule has 0 bridgehead atoms. The fourth-order valence-electron chi connectivity index (χ4n) is 1.42. The van der Waals surface area contributed by atoms with Crippen molar-refractivity contribution in [1.82, 2.24) is 9.69 Å². The van der Waals surface area contributed by atoms with Crippen molar-refractivity contribution in [2.24, 2.45) is 0 Å². The lowest BCUT2D eigenvalue weighted by atomic mass is 10.2. The molecule has 5 nitrogen and oxygen atoms in total. The average molecular weight is 250 g/mol. The van der Waals surface area contributed by atoms with Gasteiger partial charge in [-0.2, -0.15) is 9.64 Å². The number of aryl methyl sites for hydroxylation is 1. The molecule has 1 aliphatic rings. The van der Waals surface area contributed by atoms with Crippen molar-refractivity contribution in [3.63, 3.8) is 0 Å². The molecular formula is C11H14N4OS. The normalized spacial score (nSPS) is 16.1. The molecule has 1 heterocycles. The first kappa shape index (κ1) is 11.9. The Hall–Kier alpha value is -1.61. The lowest BCUT2D eigenvalue weighted by Gasteiger charge is -2.13. The number of hydrogen-bond donors (Lipinski definition) is 2. The summed E-state index contributed by atoms with van der Waals surface area (Å²) in [5.74, 6) is -0.0255. The van der Waals surface area contributed by atoms with Gasteiger partial charge < -0.3 is 10.6 Å². The summed E-state index contributed by atoms with van der Waals surface area (Å²) >= 11 is 1.22. The maximum Gasteiger partial charge on any atom is 0.242 e. The highest BCUT2D eigenvalue weighted by Gasteiger charge is 2.26. The van der Waals surface area contributed by atoms with Gasteiger partial charge in [-0.05, 0) is 38.2 Å². The predicted molar refractivity (Wildman–Crippen MR) is 65.8 cm³/mol. The second-order valence-electron chi connectivity index (χ2n) is 4.23. The van der Waals surface area contributed by atoms with E-state index in [-0.39, 0.29) is 11.9 Å². The molecule has 2 N–H and O–H groups in total. The lowest BCUT2D eigenvalue weighted by molar-refractivity contribution is -0.121. The van der Waals surface area contributed by atoms with Gasteiger partial charge >= 0.3 is 0 Å². The van der Waals surface area contributed by atoms with E-state index >= 15 is 0 Å². The summed E-state index contributed by atoms with van der Waals surface area (Å²) in [4.78, 5) is 11.7. The molecule has 1 aliphatic carbocycles. The number of rotatable bonds is 4. The monoisotopic (exact) mass is 250 g/mol. The van der Waals surface area contributed by atoms with Crippen molar-refractivity contribution < 1.29 is 4.79 Å². The van der Waals surface area contributed by atoms with Crippen LogP contribution in [0.1, 0.15) is 31.0 Å². The van der Waals surface area contributed by atoms with E-state index in [4.69, 9.17) is 5.26 Å². The molecular weight excluding hydrogens is 236 g/mol. The topological polar surface area (TPSA) is 77.8 Å². The maximum absolute atomic E-state index is 11.7. The molecule has 1 saturated carbocycles. The SMILES string of the molecule is Cc1nsc(NC(C)C(=O)NC2CC2)c1C#N. The highest BCUT2D eigenvalue weighted by atomic mass is 32.1. The molecule has 1 unspecified atom stereocenters. The van der Waals surface area contributed by atoms with Crippen LogP contribution in [0.25, 0.3) is 0 Å². The summed E-state index contributed by atoms with van der Waals surface area (Å²) in [7, 11) is 0. The van der Waals surface area contributed by atoms with Crippen LogP contribution in [0, 0.1) is 18.3 Å². The third kappa shape index (κ3) is 2.74. The number of nitrogens with zero attached hydrogens (tertiary/aromatic N) is 2. The van der Waals surface area contributed by atoms with Gasteiger partial charge in [-0.3, -0.25) is 4.79 Å². The zero-order valence-electron chi connectivity index (χ0n) is 9.78. The third-order valence-corrected chi connectivity index (χ3v) is 3.51. The molecule has 1 atom stereocenters. The first-order chi connectivity index (χ1) is 8.11. The molecule has 1 aromatic rings. The Balaban J connectivity index is 1.99. The molecule has 0 spiro atoms. The van der Waals surface area contributed by atoms with Crippen molar-refractivity contribution >= 4 is 22.4 Å². The van der Waals surface area contributed by atoms with Crippen molar-refractivity contribution in [1.29, 1.82) is 5.26 Å². The van der Waals surface area contributed by atoms with Crippen LogP contribution in [0.5, 0.6) is 0 Å². The van der Waals surface area contributed by atoms with Crippen molar-refractivity contribution in [3.8, 4) is 6.07 Å². The third-order valence-electron chi connectivity index (χ3n) is 2.64. The van der Waals surface area contributed by atoms with Gasteiger partial charge in [0.05, 0.1) is 5.69 Å². The summed E-state index contributed by atoms with van der Waals surface area (Å²) in [6.07, 6.45) is 2.14. The van der Waals surface area contributed by atoms with Crippen LogP contribution in [0.4, 0.5) is 5.00 Å². The minimum atomic E-state index is -0.345. The largest absolute Gasteiger partial charge is 0.363 e. The van der Waals surface area contributed by atoms with Crippen LogP contribution in [0.15, 0.2) is 0 Å². The number of aromatic nitrogens is 1. The summed E-state index contributed by atoms with van der Waals surface area (Å²) < 4.78 is 4.10. The number of hydrogen-bond acceptors (Lipinski definition) is 5. The van der Waals surface area contributed by atoms with Gasteiger partial charge in [0.2, 0.25) is 5.91 Å². The van der Waals surface area contributed by atoms with Gasteiger partial charge in [0.1, 0.15) is 22.7 Å². The summed E-state index contributed by atoms with van der Waals surface area (Å²) in [5, 5.41) is 15.6. The van der Waals surface area contributed by atoms with Gasteiger partial charge in [-0.1, -0.05) is 0 Å². The summed E-state index contributed by atoms with van der Waals surface area (Å²) in [5.41, 5.74) is 1.23. The Morgan fingerprint density at radius 1 is 1.65 bits per heavy atom. The average Bonchev–Trinajstić information content (AvgIpc) is 3.03. The van der Waals surface area contributed by atoms with E-state index in [9.17, 15) is 4.79 Å². The van der Waals surface area contributed by atoms with Crippen LogP contribution in [0.2, 0.25) is 0 Å². The van der Waals surface area contributed by atoms with Gasteiger partial charge in [0.25, 0.3) is 0 Å². The second-order valence-corrected chi connectivity index (χ2v) is 5.01. The van der Waals surface area contributed by atoms with E-state index in [1.165, 1.54) is 11.5 Å². The fourth-order valence-corrected chi connectivity index (χ4v) is 2.25.